The predicted octanol–water partition coefficient (Wildman–Crippen LogP) is 3.13. The molecule has 1 aliphatic rings. The van der Waals surface area contributed by atoms with Gasteiger partial charge in [0, 0.05) is 23.8 Å². The van der Waals surface area contributed by atoms with Crippen molar-refractivity contribution in [2.24, 2.45) is 0 Å². The van der Waals surface area contributed by atoms with Crippen molar-refractivity contribution < 1.29 is 4.79 Å². The summed E-state index contributed by atoms with van der Waals surface area (Å²) in [7, 11) is 0. The summed E-state index contributed by atoms with van der Waals surface area (Å²) in [6.07, 6.45) is 3.02. The van der Waals surface area contributed by atoms with Crippen molar-refractivity contribution in [2.45, 2.75) is 53.0 Å². The molecular formula is C21H30N4O. The monoisotopic (exact) mass is 354 g/mol. The Kier molecular flexibility index (Phi) is 5.77. The fraction of sp³-hybridized carbons (Fsp3) is 0.524. The standard InChI is InChI=1S/C21H30N4O/c1-5-24(6-2)16(4)14-22-21(26)20-18-8-7-9-19(18)25(23-20)17-12-10-15(3)11-13-17/h10-13,16H,5-9,14H2,1-4H3,(H,22,26). The van der Waals surface area contributed by atoms with E-state index >= 15 is 0 Å². The zero-order valence-corrected chi connectivity index (χ0v) is 16.4. The minimum atomic E-state index is -0.0481. The molecule has 0 radical (unpaired) electrons. The summed E-state index contributed by atoms with van der Waals surface area (Å²) in [5.41, 5.74) is 5.17. The number of amides is 1. The van der Waals surface area contributed by atoms with Crippen molar-refractivity contribution in [3.8, 4) is 5.69 Å². The lowest BCUT2D eigenvalue weighted by molar-refractivity contribution is 0.0931. The molecule has 1 N–H and O–H groups in total. The lowest BCUT2D eigenvalue weighted by Gasteiger charge is -2.26. The average molecular weight is 354 g/mol. The number of likely N-dealkylation sites (N-methyl/N-ethyl adjacent to an activating group) is 1. The van der Waals surface area contributed by atoms with Gasteiger partial charge in [-0.15, -0.1) is 0 Å². The normalized spacial score (nSPS) is 14.5. The van der Waals surface area contributed by atoms with Gasteiger partial charge in [-0.05, 0) is 58.3 Å². The molecule has 5 nitrogen and oxygen atoms in total. The Hall–Kier alpha value is -2.14. The lowest BCUT2D eigenvalue weighted by atomic mass is 10.2. The highest BCUT2D eigenvalue weighted by atomic mass is 16.2. The zero-order valence-electron chi connectivity index (χ0n) is 16.4. The summed E-state index contributed by atoms with van der Waals surface area (Å²) in [4.78, 5) is 15.1. The van der Waals surface area contributed by atoms with Gasteiger partial charge in [-0.3, -0.25) is 9.69 Å². The maximum atomic E-state index is 12.8. The SMILES string of the molecule is CCN(CC)C(C)CNC(=O)c1nn(-c2ccc(C)cc2)c2c1CCC2. The molecule has 1 aromatic carbocycles. The first-order valence-electron chi connectivity index (χ1n) is 9.75. The molecule has 0 fully saturated rings. The van der Waals surface area contributed by atoms with Crippen LogP contribution in [-0.2, 0) is 12.8 Å². The van der Waals surface area contributed by atoms with Crippen LogP contribution < -0.4 is 5.32 Å². The van der Waals surface area contributed by atoms with Crippen LogP contribution in [0.15, 0.2) is 24.3 Å². The maximum Gasteiger partial charge on any atom is 0.272 e. The first kappa shape index (κ1) is 18.6. The highest BCUT2D eigenvalue weighted by Gasteiger charge is 2.27. The number of carbonyl (C=O) groups is 1. The van der Waals surface area contributed by atoms with E-state index in [1.165, 1.54) is 11.3 Å². The first-order valence-corrected chi connectivity index (χ1v) is 9.75. The number of nitrogens with zero attached hydrogens (tertiary/aromatic N) is 3. The van der Waals surface area contributed by atoms with Crippen LogP contribution in [0.5, 0.6) is 0 Å². The molecule has 0 bridgehead atoms. The highest BCUT2D eigenvalue weighted by Crippen LogP contribution is 2.27. The Morgan fingerprint density at radius 3 is 2.58 bits per heavy atom. The van der Waals surface area contributed by atoms with E-state index in [4.69, 9.17) is 0 Å². The average Bonchev–Trinajstić information content (AvgIpc) is 3.24. The highest BCUT2D eigenvalue weighted by molar-refractivity contribution is 5.94. The van der Waals surface area contributed by atoms with Crippen LogP contribution in [-0.4, -0.2) is 46.3 Å². The summed E-state index contributed by atoms with van der Waals surface area (Å²) in [6, 6.07) is 8.64. The molecule has 0 saturated heterocycles. The van der Waals surface area contributed by atoms with Crippen molar-refractivity contribution >= 4 is 5.91 Å². The van der Waals surface area contributed by atoms with Crippen molar-refractivity contribution in [1.82, 2.24) is 20.0 Å². The molecule has 0 saturated carbocycles. The van der Waals surface area contributed by atoms with E-state index in [1.807, 2.05) is 4.68 Å². The molecule has 1 aliphatic carbocycles. The van der Waals surface area contributed by atoms with Gasteiger partial charge >= 0.3 is 0 Å². The molecule has 1 amide bonds. The molecule has 26 heavy (non-hydrogen) atoms. The maximum absolute atomic E-state index is 12.8. The number of carbonyl (C=O) groups excluding carboxylic acids is 1. The summed E-state index contributed by atoms with van der Waals surface area (Å²) in [5, 5.41) is 7.78. The number of hydrogen-bond acceptors (Lipinski definition) is 3. The minimum Gasteiger partial charge on any atom is -0.349 e. The zero-order chi connectivity index (χ0) is 18.7. The van der Waals surface area contributed by atoms with Crippen molar-refractivity contribution in [3.05, 3.63) is 46.8 Å². The molecule has 1 unspecified atom stereocenters. The van der Waals surface area contributed by atoms with Crippen LogP contribution in [0.4, 0.5) is 0 Å². The number of aromatic nitrogens is 2. The predicted molar refractivity (Wildman–Crippen MR) is 105 cm³/mol. The van der Waals surface area contributed by atoms with Gasteiger partial charge in [0.25, 0.3) is 5.91 Å². The molecule has 2 aromatic rings. The topological polar surface area (TPSA) is 50.2 Å². The number of rotatable bonds is 7. The molecule has 0 spiro atoms. The fourth-order valence-electron chi connectivity index (χ4n) is 3.82. The van der Waals surface area contributed by atoms with Crippen LogP contribution in [0.25, 0.3) is 5.69 Å². The van der Waals surface area contributed by atoms with Gasteiger partial charge in [0.05, 0.1) is 5.69 Å². The van der Waals surface area contributed by atoms with Gasteiger partial charge in [-0.1, -0.05) is 31.5 Å². The first-order chi connectivity index (χ1) is 12.5. The Morgan fingerprint density at radius 2 is 1.92 bits per heavy atom. The quantitative estimate of drug-likeness (QED) is 0.831. The lowest BCUT2D eigenvalue weighted by Crippen LogP contribution is -2.42. The third kappa shape index (κ3) is 3.68. The van der Waals surface area contributed by atoms with E-state index < -0.39 is 0 Å². The fourth-order valence-corrected chi connectivity index (χ4v) is 3.82. The number of nitrogens with one attached hydrogen (secondary N) is 1. The summed E-state index contributed by atoms with van der Waals surface area (Å²) < 4.78 is 1.96. The number of fused-ring (bicyclic) bond motifs is 1. The third-order valence-electron chi connectivity index (χ3n) is 5.42. The third-order valence-corrected chi connectivity index (χ3v) is 5.42. The van der Waals surface area contributed by atoms with Gasteiger partial charge in [0.15, 0.2) is 5.69 Å². The van der Waals surface area contributed by atoms with Crippen molar-refractivity contribution in [1.29, 1.82) is 0 Å². The van der Waals surface area contributed by atoms with Crippen LogP contribution in [0, 0.1) is 6.92 Å². The number of benzene rings is 1. The summed E-state index contributed by atoms with van der Waals surface area (Å²) in [5.74, 6) is -0.0481. The number of hydrogen-bond donors (Lipinski definition) is 1. The Bertz CT molecular complexity index is 759. The smallest absolute Gasteiger partial charge is 0.272 e. The largest absolute Gasteiger partial charge is 0.349 e. The molecule has 0 aliphatic heterocycles. The van der Waals surface area contributed by atoms with E-state index in [0.717, 1.165) is 43.6 Å². The van der Waals surface area contributed by atoms with Gasteiger partial charge in [0.1, 0.15) is 0 Å². The van der Waals surface area contributed by atoms with Crippen LogP contribution in [0.3, 0.4) is 0 Å². The van der Waals surface area contributed by atoms with E-state index in [2.05, 4.69) is 67.3 Å². The molecular weight excluding hydrogens is 324 g/mol. The van der Waals surface area contributed by atoms with Crippen molar-refractivity contribution in [2.75, 3.05) is 19.6 Å². The van der Waals surface area contributed by atoms with Crippen LogP contribution >= 0.6 is 0 Å². The molecule has 5 heteroatoms. The minimum absolute atomic E-state index is 0.0481. The molecule has 3 rings (SSSR count). The van der Waals surface area contributed by atoms with Gasteiger partial charge in [-0.2, -0.15) is 5.10 Å². The molecule has 1 atom stereocenters. The summed E-state index contributed by atoms with van der Waals surface area (Å²) >= 11 is 0. The van der Waals surface area contributed by atoms with E-state index in [0.29, 0.717) is 18.3 Å². The second-order valence-electron chi connectivity index (χ2n) is 7.16. The van der Waals surface area contributed by atoms with Gasteiger partial charge < -0.3 is 5.32 Å². The van der Waals surface area contributed by atoms with Crippen LogP contribution in [0.1, 0.15) is 54.5 Å². The molecule has 1 heterocycles. The van der Waals surface area contributed by atoms with E-state index in [-0.39, 0.29) is 5.91 Å². The molecule has 1 aromatic heterocycles. The number of aryl methyl sites for hydroxylation is 1. The Morgan fingerprint density at radius 1 is 1.23 bits per heavy atom. The Labute approximate surface area is 156 Å². The van der Waals surface area contributed by atoms with E-state index in [1.54, 1.807) is 0 Å². The second kappa shape index (κ2) is 8.04. The van der Waals surface area contributed by atoms with Gasteiger partial charge in [-0.25, -0.2) is 4.68 Å². The Balaban J connectivity index is 1.79. The van der Waals surface area contributed by atoms with E-state index in [9.17, 15) is 4.79 Å². The second-order valence-corrected chi connectivity index (χ2v) is 7.16. The van der Waals surface area contributed by atoms with Gasteiger partial charge in [0.2, 0.25) is 0 Å². The molecule has 140 valence electrons. The summed E-state index contributed by atoms with van der Waals surface area (Å²) in [6.45, 7) is 11.2. The van der Waals surface area contributed by atoms with Crippen molar-refractivity contribution in [3.63, 3.8) is 0 Å². The van der Waals surface area contributed by atoms with Crippen LogP contribution in [0.2, 0.25) is 0 Å².